The van der Waals surface area contributed by atoms with Crippen molar-refractivity contribution in [2.24, 2.45) is 0 Å². The summed E-state index contributed by atoms with van der Waals surface area (Å²) in [5.41, 5.74) is 0.672. The van der Waals surface area contributed by atoms with Gasteiger partial charge in [-0.15, -0.1) is 0 Å². The molecule has 0 radical (unpaired) electrons. The minimum Gasteiger partial charge on any atom is -0.481 e. The van der Waals surface area contributed by atoms with E-state index in [0.29, 0.717) is 18.7 Å². The third-order valence-electron chi connectivity index (χ3n) is 3.03. The molecular formula is C15H22N2O4. The summed E-state index contributed by atoms with van der Waals surface area (Å²) >= 11 is 0. The van der Waals surface area contributed by atoms with Gasteiger partial charge in [0.2, 0.25) is 0 Å². The molecule has 6 nitrogen and oxygen atoms in total. The molecule has 1 atom stereocenters. The summed E-state index contributed by atoms with van der Waals surface area (Å²) in [5, 5.41) is 14.5. The fraction of sp³-hybridized carbons (Fsp3) is 0.467. The van der Waals surface area contributed by atoms with Gasteiger partial charge in [-0.2, -0.15) is 0 Å². The number of carbonyl (C=O) groups is 2. The second kappa shape index (κ2) is 9.77. The number of urea groups is 1. The van der Waals surface area contributed by atoms with E-state index >= 15 is 0 Å². The van der Waals surface area contributed by atoms with E-state index in [2.05, 4.69) is 10.6 Å². The number of carboxylic acid groups (broad SMARTS) is 1. The summed E-state index contributed by atoms with van der Waals surface area (Å²) in [6.45, 7) is 1.26. The Labute approximate surface area is 124 Å². The Morgan fingerprint density at radius 3 is 2.52 bits per heavy atom. The first kappa shape index (κ1) is 17.0. The van der Waals surface area contributed by atoms with Crippen LogP contribution in [0.25, 0.3) is 0 Å². The monoisotopic (exact) mass is 294 g/mol. The van der Waals surface area contributed by atoms with E-state index in [1.54, 1.807) is 31.4 Å². The van der Waals surface area contributed by atoms with E-state index in [4.69, 9.17) is 4.74 Å². The largest absolute Gasteiger partial charge is 0.481 e. The van der Waals surface area contributed by atoms with Crippen LogP contribution in [0.2, 0.25) is 0 Å². The van der Waals surface area contributed by atoms with E-state index in [-0.39, 0.29) is 12.6 Å². The van der Waals surface area contributed by atoms with Gasteiger partial charge in [0.05, 0.1) is 5.92 Å². The summed E-state index contributed by atoms with van der Waals surface area (Å²) < 4.78 is 4.91. The zero-order chi connectivity index (χ0) is 15.5. The van der Waals surface area contributed by atoms with Crippen LogP contribution in [0.3, 0.4) is 0 Å². The number of carboxylic acids is 1. The van der Waals surface area contributed by atoms with E-state index < -0.39 is 11.9 Å². The highest BCUT2D eigenvalue weighted by Gasteiger charge is 2.20. The minimum absolute atomic E-state index is 0.0588. The SMILES string of the molecule is COCCCCNC(=O)NCC(C(=O)O)c1ccccc1. The Morgan fingerprint density at radius 1 is 1.19 bits per heavy atom. The first-order valence-electron chi connectivity index (χ1n) is 6.93. The van der Waals surface area contributed by atoms with Gasteiger partial charge in [-0.25, -0.2) is 4.79 Å². The van der Waals surface area contributed by atoms with Gasteiger partial charge in [0.1, 0.15) is 0 Å². The van der Waals surface area contributed by atoms with Gasteiger partial charge >= 0.3 is 12.0 Å². The number of aliphatic carboxylic acids is 1. The lowest BCUT2D eigenvalue weighted by atomic mass is 9.99. The first-order chi connectivity index (χ1) is 10.1. The minimum atomic E-state index is -0.957. The third kappa shape index (κ3) is 6.76. The van der Waals surface area contributed by atoms with Gasteiger partial charge in [0.15, 0.2) is 0 Å². The number of methoxy groups -OCH3 is 1. The number of unbranched alkanes of at least 4 members (excludes halogenated alkanes) is 1. The van der Waals surface area contributed by atoms with Crippen molar-refractivity contribution in [3.8, 4) is 0 Å². The van der Waals surface area contributed by atoms with Crippen LogP contribution in [-0.4, -0.2) is 43.9 Å². The standard InChI is InChI=1S/C15H22N2O4/c1-21-10-6-5-9-16-15(20)17-11-13(14(18)19)12-7-3-2-4-8-12/h2-4,7-8,13H,5-6,9-11H2,1H3,(H,18,19)(H2,16,17,20). The number of hydrogen-bond acceptors (Lipinski definition) is 3. The molecule has 0 aliphatic heterocycles. The van der Waals surface area contributed by atoms with Crippen LogP contribution >= 0.6 is 0 Å². The number of benzene rings is 1. The van der Waals surface area contributed by atoms with Gasteiger partial charge in [-0.1, -0.05) is 30.3 Å². The van der Waals surface area contributed by atoms with Crippen molar-refractivity contribution in [3.63, 3.8) is 0 Å². The number of hydrogen-bond donors (Lipinski definition) is 3. The molecular weight excluding hydrogens is 272 g/mol. The van der Waals surface area contributed by atoms with Gasteiger partial charge < -0.3 is 20.5 Å². The molecule has 3 N–H and O–H groups in total. The Kier molecular flexibility index (Phi) is 7.89. The molecule has 0 bridgehead atoms. The van der Waals surface area contributed by atoms with Crippen LogP contribution in [-0.2, 0) is 9.53 Å². The second-order valence-corrected chi connectivity index (χ2v) is 4.64. The Bertz CT molecular complexity index is 437. The fourth-order valence-corrected chi connectivity index (χ4v) is 1.86. The predicted octanol–water partition coefficient (Wildman–Crippen LogP) is 1.58. The molecule has 1 aromatic rings. The van der Waals surface area contributed by atoms with Crippen molar-refractivity contribution >= 4 is 12.0 Å². The van der Waals surface area contributed by atoms with Crippen LogP contribution in [0.15, 0.2) is 30.3 Å². The number of ether oxygens (including phenoxy) is 1. The van der Waals surface area contributed by atoms with Crippen molar-refractivity contribution in [2.45, 2.75) is 18.8 Å². The maximum atomic E-state index is 11.6. The van der Waals surface area contributed by atoms with E-state index in [0.717, 1.165) is 12.8 Å². The molecule has 0 saturated carbocycles. The van der Waals surface area contributed by atoms with Crippen LogP contribution in [0.1, 0.15) is 24.3 Å². The zero-order valence-corrected chi connectivity index (χ0v) is 12.2. The van der Waals surface area contributed by atoms with Crippen molar-refractivity contribution in [3.05, 3.63) is 35.9 Å². The maximum Gasteiger partial charge on any atom is 0.314 e. The summed E-state index contributed by atoms with van der Waals surface area (Å²) in [5.74, 6) is -1.70. The van der Waals surface area contributed by atoms with Gasteiger partial charge in [0, 0.05) is 26.8 Å². The van der Waals surface area contributed by atoms with Crippen molar-refractivity contribution in [1.29, 1.82) is 0 Å². The molecule has 1 aromatic carbocycles. The van der Waals surface area contributed by atoms with Crippen LogP contribution < -0.4 is 10.6 Å². The topological polar surface area (TPSA) is 87.7 Å². The number of nitrogens with one attached hydrogen (secondary N) is 2. The van der Waals surface area contributed by atoms with Gasteiger partial charge in [-0.05, 0) is 18.4 Å². The van der Waals surface area contributed by atoms with Crippen LogP contribution in [0, 0.1) is 0 Å². The predicted molar refractivity (Wildman–Crippen MR) is 79.3 cm³/mol. The molecule has 0 fully saturated rings. The molecule has 1 unspecified atom stereocenters. The molecule has 0 saturated heterocycles. The lowest BCUT2D eigenvalue weighted by molar-refractivity contribution is -0.138. The fourth-order valence-electron chi connectivity index (χ4n) is 1.86. The lowest BCUT2D eigenvalue weighted by Crippen LogP contribution is -2.39. The third-order valence-corrected chi connectivity index (χ3v) is 3.03. The smallest absolute Gasteiger partial charge is 0.314 e. The highest BCUT2D eigenvalue weighted by molar-refractivity contribution is 5.79. The Balaban J connectivity index is 2.34. The second-order valence-electron chi connectivity index (χ2n) is 4.64. The van der Waals surface area contributed by atoms with E-state index in [1.165, 1.54) is 0 Å². The van der Waals surface area contributed by atoms with Crippen LogP contribution in [0.5, 0.6) is 0 Å². The molecule has 0 heterocycles. The molecule has 0 aromatic heterocycles. The highest BCUT2D eigenvalue weighted by atomic mass is 16.5. The Morgan fingerprint density at radius 2 is 1.90 bits per heavy atom. The summed E-state index contributed by atoms with van der Waals surface area (Å²) in [6, 6.07) is 8.51. The molecule has 0 aliphatic rings. The number of amides is 2. The molecule has 6 heteroatoms. The van der Waals surface area contributed by atoms with Crippen molar-refractivity contribution in [2.75, 3.05) is 26.8 Å². The van der Waals surface area contributed by atoms with Gasteiger partial charge in [-0.3, -0.25) is 4.79 Å². The van der Waals surface area contributed by atoms with Crippen molar-refractivity contribution in [1.82, 2.24) is 10.6 Å². The zero-order valence-electron chi connectivity index (χ0n) is 12.2. The summed E-state index contributed by atoms with van der Waals surface area (Å²) in [4.78, 5) is 22.8. The molecule has 0 spiro atoms. The average molecular weight is 294 g/mol. The molecule has 1 rings (SSSR count). The highest BCUT2D eigenvalue weighted by Crippen LogP contribution is 2.14. The Hall–Kier alpha value is -2.08. The quantitative estimate of drug-likeness (QED) is 0.603. The van der Waals surface area contributed by atoms with Crippen molar-refractivity contribution < 1.29 is 19.4 Å². The number of carbonyl (C=O) groups excluding carboxylic acids is 1. The molecule has 0 aliphatic carbocycles. The van der Waals surface area contributed by atoms with E-state index in [9.17, 15) is 14.7 Å². The maximum absolute atomic E-state index is 11.6. The molecule has 2 amide bonds. The number of rotatable bonds is 9. The van der Waals surface area contributed by atoms with Gasteiger partial charge in [0.25, 0.3) is 0 Å². The summed E-state index contributed by atoms with van der Waals surface area (Å²) in [6.07, 6.45) is 1.70. The average Bonchev–Trinajstić information content (AvgIpc) is 2.48. The van der Waals surface area contributed by atoms with E-state index in [1.807, 2.05) is 6.07 Å². The molecule has 21 heavy (non-hydrogen) atoms. The van der Waals surface area contributed by atoms with Crippen LogP contribution in [0.4, 0.5) is 4.79 Å². The molecule has 116 valence electrons. The summed E-state index contributed by atoms with van der Waals surface area (Å²) in [7, 11) is 1.63. The normalized spacial score (nSPS) is 11.7. The first-order valence-corrected chi connectivity index (χ1v) is 6.93. The lowest BCUT2D eigenvalue weighted by Gasteiger charge is -2.14.